The zero-order valence-electron chi connectivity index (χ0n) is 8.30. The van der Waals surface area contributed by atoms with Crippen LogP contribution in [0.1, 0.15) is 21.6 Å². The molecule has 1 atom stereocenters. The van der Waals surface area contributed by atoms with Crippen LogP contribution < -0.4 is 11.3 Å². The summed E-state index contributed by atoms with van der Waals surface area (Å²) in [7, 11) is 0. The third kappa shape index (κ3) is 2.40. The van der Waals surface area contributed by atoms with E-state index in [1.54, 1.807) is 22.7 Å². The number of nitrogens with zero attached hydrogens (tertiary/aromatic N) is 2. The first kappa shape index (κ1) is 10.7. The van der Waals surface area contributed by atoms with Crippen LogP contribution in [0.25, 0.3) is 0 Å². The van der Waals surface area contributed by atoms with Crippen LogP contribution in [-0.2, 0) is 6.42 Å². The minimum absolute atomic E-state index is 0.114. The summed E-state index contributed by atoms with van der Waals surface area (Å²) >= 11 is 3.27. The van der Waals surface area contributed by atoms with Gasteiger partial charge in [-0.15, -0.1) is 22.7 Å². The maximum Gasteiger partial charge on any atom is 0.0944 e. The summed E-state index contributed by atoms with van der Waals surface area (Å²) in [5.41, 5.74) is 5.71. The van der Waals surface area contributed by atoms with Crippen molar-refractivity contribution in [3.8, 4) is 0 Å². The molecule has 0 aliphatic rings. The predicted octanol–water partition coefficient (Wildman–Crippen LogP) is 1.66. The molecule has 0 aliphatic carbocycles. The standard InChI is InChI=1S/C9H12N4S2/c1-6-9(15-5-12-6)7(13-10)4-8-11-2-3-14-8/h2-3,5,7,13H,4,10H2,1H3. The van der Waals surface area contributed by atoms with Crippen molar-refractivity contribution in [1.29, 1.82) is 0 Å². The molecule has 0 bridgehead atoms. The Morgan fingerprint density at radius 1 is 1.47 bits per heavy atom. The molecule has 4 nitrogen and oxygen atoms in total. The molecule has 15 heavy (non-hydrogen) atoms. The van der Waals surface area contributed by atoms with E-state index in [0.29, 0.717) is 0 Å². The van der Waals surface area contributed by atoms with Crippen molar-refractivity contribution in [3.63, 3.8) is 0 Å². The van der Waals surface area contributed by atoms with Crippen LogP contribution in [0, 0.1) is 6.92 Å². The summed E-state index contributed by atoms with van der Waals surface area (Å²) in [6.45, 7) is 2.00. The van der Waals surface area contributed by atoms with E-state index in [1.165, 1.54) is 4.88 Å². The van der Waals surface area contributed by atoms with Crippen LogP contribution in [0.4, 0.5) is 0 Å². The van der Waals surface area contributed by atoms with E-state index in [9.17, 15) is 0 Å². The summed E-state index contributed by atoms with van der Waals surface area (Å²) < 4.78 is 0. The Hall–Kier alpha value is -0.820. The van der Waals surface area contributed by atoms with Crippen LogP contribution in [0.3, 0.4) is 0 Å². The number of aryl methyl sites for hydroxylation is 1. The first-order valence-electron chi connectivity index (χ1n) is 4.55. The number of nitrogens with two attached hydrogens (primary N) is 1. The van der Waals surface area contributed by atoms with Crippen LogP contribution in [0.2, 0.25) is 0 Å². The molecule has 0 saturated heterocycles. The Morgan fingerprint density at radius 3 is 2.87 bits per heavy atom. The molecule has 2 aromatic rings. The molecule has 3 N–H and O–H groups in total. The fraction of sp³-hybridized carbons (Fsp3) is 0.333. The summed E-state index contributed by atoms with van der Waals surface area (Å²) in [5.74, 6) is 5.56. The van der Waals surface area contributed by atoms with Gasteiger partial charge in [0.05, 0.1) is 22.3 Å². The van der Waals surface area contributed by atoms with E-state index in [2.05, 4.69) is 15.4 Å². The average molecular weight is 240 g/mol. The van der Waals surface area contributed by atoms with Gasteiger partial charge in [0.1, 0.15) is 0 Å². The largest absolute Gasteiger partial charge is 0.271 e. The minimum Gasteiger partial charge on any atom is -0.271 e. The average Bonchev–Trinajstić information content (AvgIpc) is 2.85. The molecule has 0 spiro atoms. The molecule has 2 aromatic heterocycles. The van der Waals surface area contributed by atoms with Crippen molar-refractivity contribution in [3.05, 3.63) is 32.7 Å². The fourth-order valence-corrected chi connectivity index (χ4v) is 2.93. The third-order valence-corrected chi connectivity index (χ3v) is 4.01. The van der Waals surface area contributed by atoms with Crippen LogP contribution in [0.5, 0.6) is 0 Å². The number of nitrogens with one attached hydrogen (secondary N) is 1. The molecule has 0 radical (unpaired) electrons. The third-order valence-electron chi connectivity index (χ3n) is 2.16. The smallest absolute Gasteiger partial charge is 0.0944 e. The van der Waals surface area contributed by atoms with Gasteiger partial charge < -0.3 is 0 Å². The van der Waals surface area contributed by atoms with Crippen molar-refractivity contribution in [1.82, 2.24) is 15.4 Å². The quantitative estimate of drug-likeness (QED) is 0.630. The molecule has 0 amide bonds. The van der Waals surface area contributed by atoms with Gasteiger partial charge in [-0.2, -0.15) is 0 Å². The monoisotopic (exact) mass is 240 g/mol. The molecule has 0 fully saturated rings. The van der Waals surface area contributed by atoms with Gasteiger partial charge in [-0.25, -0.2) is 9.97 Å². The molecule has 1 unspecified atom stereocenters. The van der Waals surface area contributed by atoms with Gasteiger partial charge in [0, 0.05) is 22.9 Å². The van der Waals surface area contributed by atoms with E-state index in [-0.39, 0.29) is 6.04 Å². The number of thiazole rings is 2. The highest BCUT2D eigenvalue weighted by Crippen LogP contribution is 2.24. The number of hydrogen-bond donors (Lipinski definition) is 2. The van der Waals surface area contributed by atoms with Gasteiger partial charge in [0.2, 0.25) is 0 Å². The van der Waals surface area contributed by atoms with Gasteiger partial charge >= 0.3 is 0 Å². The first-order valence-corrected chi connectivity index (χ1v) is 6.31. The van der Waals surface area contributed by atoms with E-state index in [4.69, 9.17) is 5.84 Å². The molecule has 6 heteroatoms. The Labute approximate surface area is 96.2 Å². The SMILES string of the molecule is Cc1ncsc1C(Cc1nccs1)NN. The Bertz CT molecular complexity index is 409. The highest BCUT2D eigenvalue weighted by Gasteiger charge is 2.16. The lowest BCUT2D eigenvalue weighted by atomic mass is 10.1. The van der Waals surface area contributed by atoms with Crippen LogP contribution >= 0.6 is 22.7 Å². The first-order chi connectivity index (χ1) is 7.31. The van der Waals surface area contributed by atoms with Gasteiger partial charge in [0.15, 0.2) is 0 Å². The van der Waals surface area contributed by atoms with Gasteiger partial charge in [-0.1, -0.05) is 0 Å². The van der Waals surface area contributed by atoms with E-state index >= 15 is 0 Å². The van der Waals surface area contributed by atoms with Crippen molar-refractivity contribution in [2.24, 2.45) is 5.84 Å². The maximum absolute atomic E-state index is 5.56. The Balaban J connectivity index is 2.15. The van der Waals surface area contributed by atoms with Crippen LogP contribution in [-0.4, -0.2) is 9.97 Å². The van der Waals surface area contributed by atoms with Crippen LogP contribution in [0.15, 0.2) is 17.1 Å². The molecule has 80 valence electrons. The Kier molecular flexibility index (Phi) is 3.42. The van der Waals surface area contributed by atoms with Gasteiger partial charge in [-0.3, -0.25) is 11.3 Å². The van der Waals surface area contributed by atoms with Gasteiger partial charge in [-0.05, 0) is 6.92 Å². The second-order valence-electron chi connectivity index (χ2n) is 3.15. The predicted molar refractivity (Wildman–Crippen MR) is 62.7 cm³/mol. The molecule has 2 heterocycles. The topological polar surface area (TPSA) is 63.8 Å². The zero-order valence-corrected chi connectivity index (χ0v) is 9.94. The number of aromatic nitrogens is 2. The zero-order chi connectivity index (χ0) is 10.7. The van der Waals surface area contributed by atoms with E-state index in [1.807, 2.05) is 24.0 Å². The number of rotatable bonds is 4. The molecular formula is C9H12N4S2. The summed E-state index contributed by atoms with van der Waals surface area (Å²) in [6, 6.07) is 0.114. The fourth-order valence-electron chi connectivity index (χ4n) is 1.40. The summed E-state index contributed by atoms with van der Waals surface area (Å²) in [5, 5.41) is 3.06. The lowest BCUT2D eigenvalue weighted by molar-refractivity contribution is 0.556. The van der Waals surface area contributed by atoms with E-state index in [0.717, 1.165) is 17.1 Å². The van der Waals surface area contributed by atoms with Gasteiger partial charge in [0.25, 0.3) is 0 Å². The Morgan fingerprint density at radius 2 is 2.33 bits per heavy atom. The lowest BCUT2D eigenvalue weighted by Crippen LogP contribution is -2.29. The van der Waals surface area contributed by atoms with Crippen molar-refractivity contribution in [2.75, 3.05) is 0 Å². The molecule has 0 saturated carbocycles. The normalized spacial score (nSPS) is 12.9. The lowest BCUT2D eigenvalue weighted by Gasteiger charge is -2.12. The molecule has 2 rings (SSSR count). The maximum atomic E-state index is 5.56. The second kappa shape index (κ2) is 4.80. The van der Waals surface area contributed by atoms with Crippen molar-refractivity contribution in [2.45, 2.75) is 19.4 Å². The highest BCUT2D eigenvalue weighted by molar-refractivity contribution is 7.10. The molecule has 0 aromatic carbocycles. The highest BCUT2D eigenvalue weighted by atomic mass is 32.1. The minimum atomic E-state index is 0.114. The number of hydrogen-bond acceptors (Lipinski definition) is 6. The summed E-state index contributed by atoms with van der Waals surface area (Å²) in [6.07, 6.45) is 2.63. The molecule has 0 aliphatic heterocycles. The molecular weight excluding hydrogens is 228 g/mol. The number of hydrazine groups is 1. The van der Waals surface area contributed by atoms with Crippen molar-refractivity contribution >= 4 is 22.7 Å². The summed E-state index contributed by atoms with van der Waals surface area (Å²) in [4.78, 5) is 9.66. The second-order valence-corrected chi connectivity index (χ2v) is 5.02. The van der Waals surface area contributed by atoms with E-state index < -0.39 is 0 Å². The van der Waals surface area contributed by atoms with Crippen molar-refractivity contribution < 1.29 is 0 Å².